The number of esters is 1. The average molecular weight is 517 g/mol. The third-order valence-corrected chi connectivity index (χ3v) is 6.54. The number of nitrogens with one attached hydrogen (secondary N) is 1. The Morgan fingerprint density at radius 2 is 1.84 bits per heavy atom. The van der Waals surface area contributed by atoms with Crippen LogP contribution in [0.1, 0.15) is 39.1 Å². The molecule has 196 valence electrons. The highest BCUT2D eigenvalue weighted by Crippen LogP contribution is 2.29. The second-order valence-corrected chi connectivity index (χ2v) is 8.98. The fourth-order valence-electron chi connectivity index (χ4n) is 4.58. The van der Waals surface area contributed by atoms with E-state index in [1.165, 1.54) is 13.2 Å². The zero-order valence-corrected chi connectivity index (χ0v) is 20.3. The molecule has 0 saturated carbocycles. The van der Waals surface area contributed by atoms with Crippen LogP contribution in [0.25, 0.3) is 0 Å². The van der Waals surface area contributed by atoms with Gasteiger partial charge in [0.2, 0.25) is 0 Å². The van der Waals surface area contributed by atoms with Gasteiger partial charge in [-0.25, -0.2) is 9.79 Å². The zero-order chi connectivity index (χ0) is 26.6. The average Bonchev–Trinajstić information content (AvgIpc) is 3.56. The van der Waals surface area contributed by atoms with E-state index in [1.54, 1.807) is 12.1 Å². The van der Waals surface area contributed by atoms with Crippen LogP contribution in [-0.2, 0) is 15.7 Å². The minimum Gasteiger partial charge on any atom is -0.465 e. The van der Waals surface area contributed by atoms with Gasteiger partial charge in [-0.3, -0.25) is 14.5 Å². The normalized spacial score (nSPS) is 19.3. The fraction of sp³-hybridized carbons (Fsp3) is 0.385. The van der Waals surface area contributed by atoms with Gasteiger partial charge in [0.25, 0.3) is 11.8 Å². The number of anilines is 1. The summed E-state index contributed by atoms with van der Waals surface area (Å²) in [5, 5.41) is 2.34. The molecular weight excluding hydrogens is 489 g/mol. The van der Waals surface area contributed by atoms with Crippen LogP contribution < -0.4 is 10.2 Å². The number of carbonyl (C=O) groups is 3. The van der Waals surface area contributed by atoms with E-state index in [9.17, 15) is 27.6 Å². The summed E-state index contributed by atoms with van der Waals surface area (Å²) >= 11 is 0. The van der Waals surface area contributed by atoms with Crippen molar-refractivity contribution in [1.29, 1.82) is 0 Å². The highest BCUT2D eigenvalue weighted by Gasteiger charge is 2.32. The Bertz CT molecular complexity index is 1200. The highest BCUT2D eigenvalue weighted by molar-refractivity contribution is 6.01. The van der Waals surface area contributed by atoms with Crippen molar-refractivity contribution < 1.29 is 32.3 Å². The van der Waals surface area contributed by atoms with Crippen LogP contribution in [0.5, 0.6) is 0 Å². The number of amides is 2. The number of carbonyl (C=O) groups excluding carboxylic acids is 3. The molecule has 0 aromatic heterocycles. The van der Waals surface area contributed by atoms with Crippen molar-refractivity contribution in [3.8, 4) is 0 Å². The van der Waals surface area contributed by atoms with E-state index in [4.69, 9.17) is 4.74 Å². The summed E-state index contributed by atoms with van der Waals surface area (Å²) in [7, 11) is 1.35. The van der Waals surface area contributed by atoms with Crippen molar-refractivity contribution in [1.82, 2.24) is 10.2 Å². The second kappa shape index (κ2) is 11.1. The van der Waals surface area contributed by atoms with Gasteiger partial charge in [0.15, 0.2) is 0 Å². The fourth-order valence-corrected chi connectivity index (χ4v) is 4.58. The Balaban J connectivity index is 1.26. The van der Waals surface area contributed by atoms with Gasteiger partial charge in [0.1, 0.15) is 0 Å². The minimum absolute atomic E-state index is 0.173. The summed E-state index contributed by atoms with van der Waals surface area (Å²) in [5.74, 6) is -1.69. The van der Waals surface area contributed by atoms with E-state index in [2.05, 4.69) is 20.1 Å². The number of hydrogen-bond acceptors (Lipinski definition) is 6. The van der Waals surface area contributed by atoms with E-state index >= 15 is 0 Å². The molecule has 2 aliphatic heterocycles. The maximum Gasteiger partial charge on any atom is 0.416 e. The Morgan fingerprint density at radius 3 is 2.54 bits per heavy atom. The molecule has 4 rings (SSSR count). The number of halogens is 3. The van der Waals surface area contributed by atoms with Gasteiger partial charge in [-0.1, -0.05) is 6.07 Å². The van der Waals surface area contributed by atoms with Crippen LogP contribution in [0.3, 0.4) is 0 Å². The zero-order valence-electron chi connectivity index (χ0n) is 20.3. The van der Waals surface area contributed by atoms with Crippen molar-refractivity contribution in [3.05, 3.63) is 65.2 Å². The summed E-state index contributed by atoms with van der Waals surface area (Å²) in [6, 6.07) is 11.6. The molecule has 2 aliphatic rings. The molecule has 2 saturated heterocycles. The van der Waals surface area contributed by atoms with Crippen LogP contribution in [0, 0.1) is 0 Å². The first-order valence-electron chi connectivity index (χ1n) is 11.9. The quantitative estimate of drug-likeness (QED) is 0.594. The largest absolute Gasteiger partial charge is 0.465 e. The Labute approximate surface area is 212 Å². The van der Waals surface area contributed by atoms with Gasteiger partial charge in [0.05, 0.1) is 24.8 Å². The van der Waals surface area contributed by atoms with Gasteiger partial charge >= 0.3 is 12.1 Å². The number of likely N-dealkylation sites (tertiary alicyclic amines) is 1. The summed E-state index contributed by atoms with van der Waals surface area (Å²) in [6.07, 6.45) is -2.97. The van der Waals surface area contributed by atoms with E-state index in [0.717, 1.165) is 55.7 Å². The van der Waals surface area contributed by atoms with Crippen LogP contribution in [0.4, 0.5) is 18.9 Å². The number of rotatable bonds is 6. The molecular formula is C26H27F3N4O4. The Kier molecular flexibility index (Phi) is 7.91. The molecule has 2 heterocycles. The number of methoxy groups -OCH3 is 1. The molecule has 2 aromatic rings. The van der Waals surface area contributed by atoms with Gasteiger partial charge in [0, 0.05) is 49.2 Å². The topological polar surface area (TPSA) is 91.3 Å². The van der Waals surface area contributed by atoms with Crippen molar-refractivity contribution in [3.63, 3.8) is 0 Å². The minimum atomic E-state index is -4.56. The SMILES string of the molecule is COC(=O)c1ccc(N2CCC(N3CCC(=NC(=O)CNC(=O)c4cccc(C(F)(F)F)c4)C3)C2)cc1. The molecule has 11 heteroatoms. The van der Waals surface area contributed by atoms with Crippen LogP contribution in [-0.4, -0.2) is 74.3 Å². The number of ether oxygens (including phenoxy) is 1. The molecule has 0 bridgehead atoms. The summed E-state index contributed by atoms with van der Waals surface area (Å²) < 4.78 is 43.3. The second-order valence-electron chi connectivity index (χ2n) is 8.98. The third kappa shape index (κ3) is 6.53. The number of hydrogen-bond donors (Lipinski definition) is 1. The van der Waals surface area contributed by atoms with Gasteiger partial charge < -0.3 is 15.0 Å². The lowest BCUT2D eigenvalue weighted by atomic mass is 10.1. The molecule has 2 fully saturated rings. The molecule has 1 N–H and O–H groups in total. The number of nitrogens with zero attached hydrogens (tertiary/aromatic N) is 3. The third-order valence-electron chi connectivity index (χ3n) is 6.54. The monoisotopic (exact) mass is 516 g/mol. The first kappa shape index (κ1) is 26.3. The number of aliphatic imine (C=N–C) groups is 1. The van der Waals surface area contributed by atoms with Crippen molar-refractivity contribution >= 4 is 29.2 Å². The van der Waals surface area contributed by atoms with Crippen molar-refractivity contribution in [2.45, 2.75) is 25.1 Å². The Hall–Kier alpha value is -3.73. The lowest BCUT2D eigenvalue weighted by Crippen LogP contribution is -2.36. The summed E-state index contributed by atoms with van der Waals surface area (Å²) in [4.78, 5) is 44.7. The first-order chi connectivity index (χ1) is 17.6. The van der Waals surface area contributed by atoms with Gasteiger partial charge in [-0.2, -0.15) is 13.2 Å². The molecule has 0 radical (unpaired) electrons. The number of alkyl halides is 3. The molecule has 8 nitrogen and oxygen atoms in total. The summed E-state index contributed by atoms with van der Waals surface area (Å²) in [5.41, 5.74) is 1.14. The molecule has 2 aromatic carbocycles. The lowest BCUT2D eigenvalue weighted by Gasteiger charge is -2.24. The van der Waals surface area contributed by atoms with Crippen LogP contribution in [0.15, 0.2) is 53.5 Å². The van der Waals surface area contributed by atoms with Crippen molar-refractivity contribution in [2.75, 3.05) is 44.7 Å². The predicted molar refractivity (Wildman–Crippen MR) is 131 cm³/mol. The van der Waals surface area contributed by atoms with Crippen molar-refractivity contribution in [2.24, 2.45) is 4.99 Å². The first-order valence-corrected chi connectivity index (χ1v) is 11.9. The smallest absolute Gasteiger partial charge is 0.416 e. The molecule has 1 atom stereocenters. The maximum absolute atomic E-state index is 12.9. The van der Waals surface area contributed by atoms with Crippen LogP contribution in [0.2, 0.25) is 0 Å². The standard InChI is InChI=1S/C26H27F3N4O4/c1-37-25(36)17-5-7-21(8-6-17)33-12-10-22(16-33)32-11-9-20(15-32)31-23(34)14-30-24(35)18-3-2-4-19(13-18)26(27,28)29/h2-8,13,22H,9-12,14-16H2,1H3,(H,30,35). The molecule has 37 heavy (non-hydrogen) atoms. The molecule has 1 unspecified atom stereocenters. The number of benzene rings is 2. The van der Waals surface area contributed by atoms with E-state index in [-0.39, 0.29) is 11.5 Å². The predicted octanol–water partition coefficient (Wildman–Crippen LogP) is 3.17. The molecule has 0 aliphatic carbocycles. The van der Waals surface area contributed by atoms with E-state index in [1.807, 2.05) is 12.1 Å². The van der Waals surface area contributed by atoms with Gasteiger partial charge in [-0.05, 0) is 55.3 Å². The van der Waals surface area contributed by atoms with E-state index < -0.39 is 30.1 Å². The summed E-state index contributed by atoms with van der Waals surface area (Å²) in [6.45, 7) is 2.60. The molecule has 2 amide bonds. The van der Waals surface area contributed by atoms with Gasteiger partial charge in [-0.15, -0.1) is 0 Å². The Morgan fingerprint density at radius 1 is 1.08 bits per heavy atom. The molecule has 0 spiro atoms. The lowest BCUT2D eigenvalue weighted by molar-refractivity contribution is -0.137. The highest BCUT2D eigenvalue weighted by atomic mass is 19.4. The van der Waals surface area contributed by atoms with E-state index in [0.29, 0.717) is 24.6 Å². The van der Waals surface area contributed by atoms with Crippen LogP contribution >= 0.6 is 0 Å². The maximum atomic E-state index is 12.9.